The molecule has 1 N–H and O–H groups in total. The molecular weight excluding hydrogens is 339 g/mol. The molecule has 7 heteroatoms. The van der Waals surface area contributed by atoms with Crippen LogP contribution in [0.3, 0.4) is 0 Å². The Morgan fingerprint density at radius 3 is 2.64 bits per heavy atom. The number of nitrogens with one attached hydrogen (secondary N) is 1. The average Bonchev–Trinajstić information content (AvgIpc) is 2.96. The van der Waals surface area contributed by atoms with Gasteiger partial charge in [-0.05, 0) is 44.2 Å². The highest BCUT2D eigenvalue weighted by molar-refractivity contribution is 8.00. The molecule has 128 valence electrons. The lowest BCUT2D eigenvalue weighted by Crippen LogP contribution is -2.23. The van der Waals surface area contributed by atoms with E-state index in [0.29, 0.717) is 10.8 Å². The molecule has 0 bridgehead atoms. The Morgan fingerprint density at radius 2 is 1.92 bits per heavy atom. The minimum atomic E-state index is -0.422. The van der Waals surface area contributed by atoms with E-state index in [4.69, 9.17) is 0 Å². The first-order valence-electron chi connectivity index (χ1n) is 7.75. The van der Waals surface area contributed by atoms with Gasteiger partial charge in [0.25, 0.3) is 0 Å². The van der Waals surface area contributed by atoms with E-state index in [1.165, 1.54) is 23.9 Å². The van der Waals surface area contributed by atoms with Crippen LogP contribution in [0.15, 0.2) is 59.8 Å². The largest absolute Gasteiger partial charge is 0.325 e. The molecule has 0 aliphatic carbocycles. The molecule has 0 spiro atoms. The van der Waals surface area contributed by atoms with Crippen LogP contribution in [0.2, 0.25) is 0 Å². The molecule has 1 amide bonds. The first-order chi connectivity index (χ1) is 12.0. The number of aromatic nitrogens is 3. The lowest BCUT2D eigenvalue weighted by molar-refractivity contribution is -0.115. The van der Waals surface area contributed by atoms with Crippen molar-refractivity contribution in [1.29, 1.82) is 0 Å². The Kier molecular flexibility index (Phi) is 5.14. The molecule has 0 aliphatic heterocycles. The number of amides is 1. The number of halogens is 1. The van der Waals surface area contributed by atoms with Crippen LogP contribution < -0.4 is 5.32 Å². The number of carbonyl (C=O) groups is 1. The summed E-state index contributed by atoms with van der Waals surface area (Å²) in [5.74, 6) is 0.125. The maximum Gasteiger partial charge on any atom is 0.237 e. The van der Waals surface area contributed by atoms with E-state index in [2.05, 4.69) is 15.5 Å². The zero-order chi connectivity index (χ0) is 17.8. The molecular formula is C18H17FN4OS. The molecule has 2 aromatic carbocycles. The van der Waals surface area contributed by atoms with Crippen LogP contribution in [0.1, 0.15) is 12.7 Å². The van der Waals surface area contributed by atoms with Crippen molar-refractivity contribution in [2.75, 3.05) is 5.32 Å². The van der Waals surface area contributed by atoms with Crippen molar-refractivity contribution < 1.29 is 9.18 Å². The molecule has 1 aromatic heterocycles. The second kappa shape index (κ2) is 7.48. The average molecular weight is 356 g/mol. The highest BCUT2D eigenvalue weighted by Gasteiger charge is 2.20. The van der Waals surface area contributed by atoms with Crippen molar-refractivity contribution in [2.24, 2.45) is 0 Å². The number of para-hydroxylation sites is 1. The van der Waals surface area contributed by atoms with Crippen LogP contribution in [0, 0.1) is 12.7 Å². The van der Waals surface area contributed by atoms with Gasteiger partial charge in [0.1, 0.15) is 11.6 Å². The third-order valence-corrected chi connectivity index (χ3v) is 4.60. The number of benzene rings is 2. The monoisotopic (exact) mass is 356 g/mol. The summed E-state index contributed by atoms with van der Waals surface area (Å²) in [6.45, 7) is 3.64. The SMILES string of the molecule is Cc1nnc(S[C@H](C)C(=O)Nc2cccc(F)c2)n1-c1ccccc1. The van der Waals surface area contributed by atoms with Gasteiger partial charge in [-0.2, -0.15) is 0 Å². The first-order valence-corrected chi connectivity index (χ1v) is 8.63. The van der Waals surface area contributed by atoms with Gasteiger partial charge in [-0.3, -0.25) is 9.36 Å². The number of carbonyl (C=O) groups excluding carboxylic acids is 1. The smallest absolute Gasteiger partial charge is 0.237 e. The van der Waals surface area contributed by atoms with Gasteiger partial charge in [0.2, 0.25) is 5.91 Å². The molecule has 0 radical (unpaired) electrons. The summed E-state index contributed by atoms with van der Waals surface area (Å²) < 4.78 is 15.1. The fourth-order valence-electron chi connectivity index (χ4n) is 2.32. The van der Waals surface area contributed by atoms with Crippen LogP contribution in [0.5, 0.6) is 0 Å². The van der Waals surface area contributed by atoms with E-state index in [1.54, 1.807) is 19.1 Å². The van der Waals surface area contributed by atoms with Gasteiger partial charge in [0, 0.05) is 11.4 Å². The zero-order valence-corrected chi connectivity index (χ0v) is 14.6. The molecule has 1 heterocycles. The standard InChI is InChI=1S/C18H17FN4OS/c1-12(17(24)20-15-8-6-7-14(19)11-15)25-18-22-21-13(2)23(18)16-9-4-3-5-10-16/h3-12H,1-2H3,(H,20,24)/t12-/m1/s1. The van der Waals surface area contributed by atoms with Crippen LogP contribution in [-0.4, -0.2) is 25.9 Å². The second-order valence-corrected chi connectivity index (χ2v) is 6.77. The van der Waals surface area contributed by atoms with Crippen LogP contribution in [0.25, 0.3) is 5.69 Å². The van der Waals surface area contributed by atoms with Crippen molar-refractivity contribution in [1.82, 2.24) is 14.8 Å². The Morgan fingerprint density at radius 1 is 1.16 bits per heavy atom. The number of thioether (sulfide) groups is 1. The number of rotatable bonds is 5. The molecule has 0 saturated carbocycles. The summed E-state index contributed by atoms with van der Waals surface area (Å²) in [6.07, 6.45) is 0. The van der Waals surface area contributed by atoms with E-state index >= 15 is 0 Å². The van der Waals surface area contributed by atoms with E-state index in [0.717, 1.165) is 11.5 Å². The fraction of sp³-hybridized carbons (Fsp3) is 0.167. The third-order valence-electron chi connectivity index (χ3n) is 3.55. The molecule has 0 unspecified atom stereocenters. The molecule has 25 heavy (non-hydrogen) atoms. The summed E-state index contributed by atoms with van der Waals surface area (Å²) in [6, 6.07) is 15.5. The number of aryl methyl sites for hydroxylation is 1. The molecule has 3 aromatic rings. The number of hydrogen-bond acceptors (Lipinski definition) is 4. The normalized spacial score (nSPS) is 12.0. The van der Waals surface area contributed by atoms with Gasteiger partial charge in [-0.15, -0.1) is 10.2 Å². The zero-order valence-electron chi connectivity index (χ0n) is 13.8. The van der Waals surface area contributed by atoms with Crippen LogP contribution in [0.4, 0.5) is 10.1 Å². The summed E-state index contributed by atoms with van der Waals surface area (Å²) in [5.41, 5.74) is 1.36. The Bertz CT molecular complexity index is 882. The fourth-order valence-corrected chi connectivity index (χ4v) is 3.23. The maximum atomic E-state index is 13.2. The highest BCUT2D eigenvalue weighted by Crippen LogP contribution is 2.26. The number of anilines is 1. The number of hydrogen-bond donors (Lipinski definition) is 1. The van der Waals surface area contributed by atoms with Crippen molar-refractivity contribution in [3.8, 4) is 5.69 Å². The minimum Gasteiger partial charge on any atom is -0.325 e. The quantitative estimate of drug-likeness (QED) is 0.706. The van der Waals surface area contributed by atoms with Gasteiger partial charge >= 0.3 is 0 Å². The Hall–Kier alpha value is -2.67. The predicted molar refractivity (Wildman–Crippen MR) is 96.4 cm³/mol. The topological polar surface area (TPSA) is 59.8 Å². The van der Waals surface area contributed by atoms with E-state index in [9.17, 15) is 9.18 Å². The van der Waals surface area contributed by atoms with Gasteiger partial charge in [-0.25, -0.2) is 4.39 Å². The molecule has 0 fully saturated rings. The molecule has 1 atom stereocenters. The lowest BCUT2D eigenvalue weighted by atomic mass is 10.3. The molecule has 5 nitrogen and oxygen atoms in total. The maximum absolute atomic E-state index is 13.2. The van der Waals surface area contributed by atoms with Crippen molar-refractivity contribution in [3.05, 3.63) is 66.2 Å². The van der Waals surface area contributed by atoms with Gasteiger partial charge in [0.15, 0.2) is 5.16 Å². The molecule has 3 rings (SSSR count). The first kappa shape index (κ1) is 17.2. The summed E-state index contributed by atoms with van der Waals surface area (Å²) in [7, 11) is 0. The van der Waals surface area contributed by atoms with E-state index in [1.807, 2.05) is 41.8 Å². The van der Waals surface area contributed by atoms with E-state index < -0.39 is 11.1 Å². The van der Waals surface area contributed by atoms with Gasteiger partial charge in [0.05, 0.1) is 5.25 Å². The van der Waals surface area contributed by atoms with Gasteiger partial charge < -0.3 is 5.32 Å². The number of nitrogens with zero attached hydrogens (tertiary/aromatic N) is 3. The summed E-state index contributed by atoms with van der Waals surface area (Å²) in [4.78, 5) is 12.4. The predicted octanol–water partition coefficient (Wildman–Crippen LogP) is 3.83. The van der Waals surface area contributed by atoms with Gasteiger partial charge in [-0.1, -0.05) is 36.0 Å². The Labute approximate surface area is 149 Å². The summed E-state index contributed by atoms with van der Waals surface area (Å²) in [5, 5.41) is 11.2. The minimum absolute atomic E-state index is 0.226. The summed E-state index contributed by atoms with van der Waals surface area (Å²) >= 11 is 1.30. The van der Waals surface area contributed by atoms with Crippen LogP contribution in [-0.2, 0) is 4.79 Å². The third kappa shape index (κ3) is 4.06. The van der Waals surface area contributed by atoms with Crippen molar-refractivity contribution in [2.45, 2.75) is 24.3 Å². The van der Waals surface area contributed by atoms with E-state index in [-0.39, 0.29) is 5.91 Å². The molecule has 0 aliphatic rings. The molecule has 0 saturated heterocycles. The highest BCUT2D eigenvalue weighted by atomic mass is 32.2. The Balaban J connectivity index is 1.75. The van der Waals surface area contributed by atoms with Crippen molar-refractivity contribution in [3.63, 3.8) is 0 Å². The lowest BCUT2D eigenvalue weighted by Gasteiger charge is -2.13. The van der Waals surface area contributed by atoms with Crippen LogP contribution >= 0.6 is 11.8 Å². The second-order valence-electron chi connectivity index (χ2n) is 5.46. The van der Waals surface area contributed by atoms with Crippen molar-refractivity contribution >= 4 is 23.4 Å².